The van der Waals surface area contributed by atoms with Crippen molar-refractivity contribution < 1.29 is 0 Å². The van der Waals surface area contributed by atoms with Crippen LogP contribution in [-0.4, -0.2) is 0 Å². The highest BCUT2D eigenvalue weighted by Gasteiger charge is 2.26. The highest BCUT2D eigenvalue weighted by atomic mass is 32.1. The average molecular weight is 1690 g/mol. The maximum absolute atomic E-state index is 2.37. The van der Waals surface area contributed by atoms with Crippen molar-refractivity contribution in [3.63, 3.8) is 0 Å². The number of hydrogen-bond donors (Lipinski definition) is 0. The zero-order valence-electron chi connectivity index (χ0n) is 70.3. The van der Waals surface area contributed by atoms with Crippen molar-refractivity contribution in [1.82, 2.24) is 0 Å². The molecule has 24 aromatic carbocycles. The van der Waals surface area contributed by atoms with Gasteiger partial charge in [0, 0.05) is 60.5 Å². The summed E-state index contributed by atoms with van der Waals surface area (Å²) in [5.74, 6) is 0. The molecule has 0 unspecified atom stereocenters. The summed E-state index contributed by atoms with van der Waals surface area (Å²) < 4.78 is 8.00. The van der Waals surface area contributed by atoms with Gasteiger partial charge in [-0.2, -0.15) is 0 Å². The van der Waals surface area contributed by atoms with Gasteiger partial charge in [0.1, 0.15) is 0 Å². The largest absolute Gasteiger partial charge is 0.135 e. The monoisotopic (exact) mass is 1690 g/mol. The Kier molecular flexibility index (Phi) is 18.6. The second-order valence-corrected chi connectivity index (χ2v) is 37.0. The lowest BCUT2D eigenvalue weighted by atomic mass is 9.83. The Labute approximate surface area is 758 Å². The third-order valence-electron chi connectivity index (χ3n) is 26.6. The van der Waals surface area contributed by atoms with Crippen LogP contribution < -0.4 is 0 Å². The number of hydrogen-bond acceptors (Lipinski definition) is 3. The molecule has 0 aliphatic carbocycles. The Bertz CT molecular complexity index is 9040. The summed E-state index contributed by atoms with van der Waals surface area (Å²) in [7, 11) is 0. The molecule has 0 amide bonds. The van der Waals surface area contributed by atoms with Gasteiger partial charge in [-0.3, -0.25) is 0 Å². The van der Waals surface area contributed by atoms with Crippen molar-refractivity contribution in [2.45, 2.75) is 0 Å². The molecule has 3 aromatic heterocycles. The minimum atomic E-state index is 1.23. The topological polar surface area (TPSA) is 0 Å². The van der Waals surface area contributed by atoms with Crippen LogP contribution >= 0.6 is 34.0 Å². The molecule has 0 aliphatic heterocycles. The average Bonchev–Trinajstić information content (AvgIpc) is 1.53. The van der Waals surface area contributed by atoms with Gasteiger partial charge in [-0.05, 0) is 252 Å². The highest BCUT2D eigenvalue weighted by Crippen LogP contribution is 2.54. The molecule has 0 saturated heterocycles. The lowest BCUT2D eigenvalue weighted by Crippen LogP contribution is -1.93. The third-order valence-corrected chi connectivity index (χ3v) is 30.0. The van der Waals surface area contributed by atoms with Crippen molar-refractivity contribution in [2.24, 2.45) is 0 Å². The first-order valence-electron chi connectivity index (χ1n) is 44.3. The second-order valence-electron chi connectivity index (χ2n) is 33.7. The fraction of sp³-hybridized carbons (Fsp3) is 0. The maximum Gasteiger partial charge on any atom is 0.0361 e. The van der Waals surface area contributed by atoms with Gasteiger partial charge >= 0.3 is 0 Å². The van der Waals surface area contributed by atoms with E-state index in [0.29, 0.717) is 0 Å². The molecule has 3 heteroatoms. The summed E-state index contributed by atoms with van der Waals surface area (Å²) in [6, 6.07) is 174. The van der Waals surface area contributed by atoms with Crippen LogP contribution in [0.3, 0.4) is 0 Å². The maximum atomic E-state index is 2.37. The molecule has 0 radical (unpaired) electrons. The number of thiophene rings is 3. The lowest BCUT2D eigenvalue weighted by molar-refractivity contribution is 1.62. The van der Waals surface area contributed by atoms with Crippen LogP contribution in [0.25, 0.3) is 258 Å². The zero-order chi connectivity index (χ0) is 85.0. The van der Waals surface area contributed by atoms with Crippen LogP contribution in [0.1, 0.15) is 0 Å². The molecule has 27 rings (SSSR count). The molecule has 0 bridgehead atoms. The number of fused-ring (bicyclic) bond motifs is 18. The molecular formula is C126H78S3. The van der Waals surface area contributed by atoms with Crippen LogP contribution in [0, 0.1) is 0 Å². The summed E-state index contributed by atoms with van der Waals surface area (Å²) in [5, 5.41) is 31.1. The lowest BCUT2D eigenvalue weighted by Gasteiger charge is -2.20. The molecule has 0 fully saturated rings. The van der Waals surface area contributed by atoms with Crippen molar-refractivity contribution >= 4 is 191 Å². The van der Waals surface area contributed by atoms with Crippen LogP contribution in [0.5, 0.6) is 0 Å². The smallest absolute Gasteiger partial charge is 0.0361 e. The molecule has 0 spiro atoms. The molecule has 0 aliphatic rings. The van der Waals surface area contributed by atoms with Crippen molar-refractivity contribution in [2.75, 3.05) is 0 Å². The summed E-state index contributed by atoms with van der Waals surface area (Å²) >= 11 is 5.64. The summed E-state index contributed by atoms with van der Waals surface area (Å²) in [5.41, 5.74) is 22.9. The summed E-state index contributed by atoms with van der Waals surface area (Å²) in [6.07, 6.45) is 0. The molecule has 0 saturated carbocycles. The van der Waals surface area contributed by atoms with E-state index < -0.39 is 0 Å². The van der Waals surface area contributed by atoms with Gasteiger partial charge in [-0.1, -0.05) is 419 Å². The molecule has 3 heterocycles. The SMILES string of the molecule is c1cc(-c2ccc3ccccc3c2)cc(-c2c3ccccc3c(-c3cccc4sc5ccccc5c34)c3ccccc23)c1.c1ccc(-c2c3ccccc3c(-c3cccc4sc5ccccc5c34)c3ccccc23)c(-c2ccc3ccccc3c2)c1.c1ccc2c(-c3ccc(-c4c5ccccc5c(-c5cccc6sc7ccccc7c56)c5ccccc45)cc3)cccc2c1. The predicted molar refractivity (Wildman–Crippen MR) is 564 cm³/mol. The van der Waals surface area contributed by atoms with Gasteiger partial charge in [0.25, 0.3) is 0 Å². The van der Waals surface area contributed by atoms with Crippen LogP contribution in [0.4, 0.5) is 0 Å². The third kappa shape index (κ3) is 12.9. The first-order chi connectivity index (χ1) is 64.0. The Morgan fingerprint density at radius 2 is 0.357 bits per heavy atom. The van der Waals surface area contributed by atoms with E-state index in [1.807, 2.05) is 34.0 Å². The second kappa shape index (κ2) is 31.7. The van der Waals surface area contributed by atoms with Crippen LogP contribution in [-0.2, 0) is 0 Å². The minimum absolute atomic E-state index is 1.23. The van der Waals surface area contributed by atoms with Gasteiger partial charge < -0.3 is 0 Å². The fourth-order valence-corrected chi connectivity index (χ4v) is 24.3. The molecular weight excluding hydrogens is 1610 g/mol. The van der Waals surface area contributed by atoms with E-state index in [2.05, 4.69) is 473 Å². The van der Waals surface area contributed by atoms with E-state index in [4.69, 9.17) is 0 Å². The standard InChI is InChI=1S/3C42H26S/c1-2-13-30-27(11-1)12-9-19-31(30)28-23-25-29(26-24-28)40-32-14-3-5-16-34(32)41(35-17-6-4-15-33(35)40)37-20-10-22-39-42(37)36-18-7-8-21-38(36)43-39;1-2-12-28-25-30(24-23-27(28)11-1)29-13-9-14-31(26-29)40-32-15-3-5-17-34(32)41(35-18-6-4-16-33(35)40)37-20-10-22-39-42(37)36-19-7-8-21-38(36)43-39;1-2-13-28-26-29(25-24-27(28)12-1)30-14-3-4-15-31(30)40-32-16-5-7-18-34(32)41(35-19-8-6-17-33(35)40)37-21-11-23-39-42(37)36-20-9-10-22-38(36)43-39/h3*1-26H. The van der Waals surface area contributed by atoms with Crippen molar-refractivity contribution in [1.29, 1.82) is 0 Å². The van der Waals surface area contributed by atoms with E-state index >= 15 is 0 Å². The van der Waals surface area contributed by atoms with Crippen molar-refractivity contribution in [3.05, 3.63) is 473 Å². The van der Waals surface area contributed by atoms with E-state index in [1.54, 1.807) is 0 Å². The quantitative estimate of drug-likeness (QED) is 0.126. The number of rotatable bonds is 9. The van der Waals surface area contributed by atoms with E-state index in [-0.39, 0.29) is 0 Å². The normalized spacial score (nSPS) is 11.7. The Morgan fingerprint density at radius 3 is 0.783 bits per heavy atom. The Morgan fingerprint density at radius 1 is 0.109 bits per heavy atom. The molecule has 27 aromatic rings. The summed E-state index contributed by atoms with van der Waals surface area (Å²) in [6.45, 7) is 0. The van der Waals surface area contributed by atoms with E-state index in [0.717, 1.165) is 0 Å². The van der Waals surface area contributed by atoms with Gasteiger partial charge in [0.05, 0.1) is 0 Å². The predicted octanol–water partition coefficient (Wildman–Crippen LogP) is 37.5. The van der Waals surface area contributed by atoms with E-state index in [1.165, 1.54) is 258 Å². The molecule has 0 nitrogen and oxygen atoms in total. The van der Waals surface area contributed by atoms with Crippen molar-refractivity contribution in [3.8, 4) is 100 Å². The first-order valence-corrected chi connectivity index (χ1v) is 46.8. The first kappa shape index (κ1) is 75.8. The van der Waals surface area contributed by atoms with Gasteiger partial charge in [0.15, 0.2) is 0 Å². The molecule has 129 heavy (non-hydrogen) atoms. The number of benzene rings is 24. The molecule has 600 valence electrons. The Hall–Kier alpha value is -15.7. The van der Waals surface area contributed by atoms with Crippen LogP contribution in [0.2, 0.25) is 0 Å². The molecule has 0 atom stereocenters. The highest BCUT2D eigenvalue weighted by molar-refractivity contribution is 7.26. The molecule has 0 N–H and O–H groups in total. The zero-order valence-corrected chi connectivity index (χ0v) is 72.7. The van der Waals surface area contributed by atoms with Gasteiger partial charge in [-0.15, -0.1) is 34.0 Å². The Balaban J connectivity index is 0.000000105. The van der Waals surface area contributed by atoms with Gasteiger partial charge in [0.2, 0.25) is 0 Å². The van der Waals surface area contributed by atoms with Gasteiger partial charge in [-0.25, -0.2) is 0 Å². The van der Waals surface area contributed by atoms with Crippen LogP contribution in [0.15, 0.2) is 473 Å². The summed E-state index contributed by atoms with van der Waals surface area (Å²) in [4.78, 5) is 0. The fourth-order valence-electron chi connectivity index (χ4n) is 20.9. The van der Waals surface area contributed by atoms with E-state index in [9.17, 15) is 0 Å². The minimum Gasteiger partial charge on any atom is -0.135 e.